The van der Waals surface area contributed by atoms with E-state index in [9.17, 15) is 9.59 Å². The van der Waals surface area contributed by atoms with E-state index < -0.39 is 18.5 Å². The molecule has 3 aromatic heterocycles. The first-order chi connectivity index (χ1) is 16.9. The third-order valence-electron chi connectivity index (χ3n) is 4.32. The van der Waals surface area contributed by atoms with Crippen LogP contribution in [0.1, 0.15) is 21.7 Å². The lowest BCUT2D eigenvalue weighted by atomic mass is 10.2. The summed E-state index contributed by atoms with van der Waals surface area (Å²) in [5, 5.41) is 36.3. The van der Waals surface area contributed by atoms with E-state index in [1.807, 2.05) is 0 Å². The Labute approximate surface area is 200 Å². The summed E-state index contributed by atoms with van der Waals surface area (Å²) in [5.41, 5.74) is 8.89. The molecule has 4 aromatic rings. The van der Waals surface area contributed by atoms with Crippen LogP contribution in [-0.2, 0) is 17.6 Å². The van der Waals surface area contributed by atoms with Gasteiger partial charge in [0, 0.05) is 18.4 Å². The first-order valence-electron chi connectivity index (χ1n) is 9.71. The van der Waals surface area contributed by atoms with Crippen molar-refractivity contribution in [3.63, 3.8) is 0 Å². The number of carboxylic acid groups (broad SMARTS) is 1. The quantitative estimate of drug-likeness (QED) is 0.148. The Morgan fingerprint density at radius 2 is 2.14 bits per heavy atom. The lowest BCUT2D eigenvalue weighted by molar-refractivity contribution is -0.139. The molecule has 180 valence electrons. The van der Waals surface area contributed by atoms with Crippen LogP contribution in [-0.4, -0.2) is 69.9 Å². The number of nitrogens with zero attached hydrogens (tertiary/aromatic N) is 9. The number of nitrogen functional groups attached to an aromatic ring is 1. The Balaban J connectivity index is 1.55. The second-order valence-corrected chi connectivity index (χ2v) is 7.64. The highest BCUT2D eigenvalue weighted by Gasteiger charge is 2.24. The maximum atomic E-state index is 12.9. The zero-order chi connectivity index (χ0) is 24.8. The summed E-state index contributed by atoms with van der Waals surface area (Å²) in [6.45, 7) is -0.521. The highest BCUT2D eigenvalue weighted by molar-refractivity contribution is 7.98. The van der Waals surface area contributed by atoms with E-state index in [0.717, 1.165) is 0 Å². The van der Waals surface area contributed by atoms with Crippen molar-refractivity contribution in [1.82, 2.24) is 45.5 Å². The molecule has 4 rings (SSSR count). The minimum Gasteiger partial charge on any atom is -0.481 e. The average Bonchev–Trinajstić information content (AvgIpc) is 3.56. The highest BCUT2D eigenvalue weighted by atomic mass is 32.2. The highest BCUT2D eigenvalue weighted by Crippen LogP contribution is 2.24. The third-order valence-corrected chi connectivity index (χ3v) is 5.37. The SMILES string of the molecule is Cn1cnnc1SCc1c(C(=O)N/N=C/c2ccccc2OCC(=O)O)nnn1-c1nonc1N. The number of thioether (sulfide) groups is 1. The monoisotopic (exact) mass is 499 g/mol. The van der Waals surface area contributed by atoms with Crippen LogP contribution >= 0.6 is 11.8 Å². The van der Waals surface area contributed by atoms with Crippen molar-refractivity contribution in [3.8, 4) is 11.6 Å². The summed E-state index contributed by atoms with van der Waals surface area (Å²) in [5.74, 6) is -1.28. The van der Waals surface area contributed by atoms with Gasteiger partial charge in [-0.15, -0.1) is 15.3 Å². The molecule has 1 aromatic carbocycles. The number of aliphatic carboxylic acids is 1. The van der Waals surface area contributed by atoms with Crippen LogP contribution in [0.5, 0.6) is 5.75 Å². The molecule has 4 N–H and O–H groups in total. The summed E-state index contributed by atoms with van der Waals surface area (Å²) < 4.78 is 12.8. The first-order valence-corrected chi connectivity index (χ1v) is 10.7. The number of rotatable bonds is 10. The van der Waals surface area contributed by atoms with E-state index in [2.05, 4.69) is 46.0 Å². The fraction of sp³-hybridized carbons (Fsp3) is 0.167. The number of hydrogen-bond donors (Lipinski definition) is 3. The molecule has 0 aliphatic rings. The van der Waals surface area contributed by atoms with Crippen molar-refractivity contribution < 1.29 is 24.1 Å². The Morgan fingerprint density at radius 3 is 2.86 bits per heavy atom. The Morgan fingerprint density at radius 1 is 1.31 bits per heavy atom. The van der Waals surface area contributed by atoms with Crippen LogP contribution in [0.25, 0.3) is 5.82 Å². The number of nitrogens with two attached hydrogens (primary N) is 1. The van der Waals surface area contributed by atoms with E-state index in [1.54, 1.807) is 35.9 Å². The van der Waals surface area contributed by atoms with Crippen molar-refractivity contribution >= 4 is 35.7 Å². The summed E-state index contributed by atoms with van der Waals surface area (Å²) in [4.78, 5) is 23.6. The zero-order valence-electron chi connectivity index (χ0n) is 18.0. The van der Waals surface area contributed by atoms with Crippen molar-refractivity contribution in [2.24, 2.45) is 12.1 Å². The number of aromatic nitrogens is 8. The molecular formula is C18H17N11O5S. The second-order valence-electron chi connectivity index (χ2n) is 6.70. The van der Waals surface area contributed by atoms with Crippen LogP contribution in [0, 0.1) is 0 Å². The zero-order valence-corrected chi connectivity index (χ0v) is 18.8. The standard InChI is InChI=1S/C18H17N11O5S/c1-28-9-21-24-18(28)35-8-11-14(22-27-29(11)16-15(19)25-34-26-16)17(32)23-20-6-10-4-2-3-5-12(10)33-7-13(30)31/h2-6,9H,7-8H2,1H3,(H2,19,25)(H,23,32)(H,30,31)/b20-6+. The molecule has 16 nitrogen and oxygen atoms in total. The van der Waals surface area contributed by atoms with Crippen molar-refractivity contribution in [3.05, 3.63) is 47.5 Å². The Kier molecular flexibility index (Phi) is 6.96. The van der Waals surface area contributed by atoms with Gasteiger partial charge in [-0.3, -0.25) is 4.79 Å². The van der Waals surface area contributed by atoms with Gasteiger partial charge in [-0.1, -0.05) is 29.1 Å². The van der Waals surface area contributed by atoms with E-state index in [0.29, 0.717) is 16.4 Å². The summed E-state index contributed by atoms with van der Waals surface area (Å²) in [6, 6.07) is 6.61. The minimum atomic E-state index is -1.12. The lowest BCUT2D eigenvalue weighted by Gasteiger charge is -2.06. The molecule has 1 amide bonds. The van der Waals surface area contributed by atoms with Gasteiger partial charge in [0.25, 0.3) is 5.91 Å². The molecule has 0 unspecified atom stereocenters. The number of ether oxygens (including phenoxy) is 1. The van der Waals surface area contributed by atoms with Gasteiger partial charge in [0.15, 0.2) is 17.5 Å². The van der Waals surface area contributed by atoms with Gasteiger partial charge in [0.05, 0.1) is 11.9 Å². The normalized spacial score (nSPS) is 11.1. The number of amides is 1. The topological polar surface area (TPSA) is 214 Å². The smallest absolute Gasteiger partial charge is 0.341 e. The average molecular weight is 499 g/mol. The first kappa shape index (κ1) is 23.4. The number of nitrogens with one attached hydrogen (secondary N) is 1. The summed E-state index contributed by atoms with van der Waals surface area (Å²) >= 11 is 1.28. The predicted octanol–water partition coefficient (Wildman–Crippen LogP) is -0.119. The van der Waals surface area contributed by atoms with Gasteiger partial charge in [-0.2, -0.15) is 9.78 Å². The molecule has 0 saturated carbocycles. The number of carbonyl (C=O) groups excluding carboxylic acids is 1. The molecule has 35 heavy (non-hydrogen) atoms. The van der Waals surface area contributed by atoms with E-state index in [4.69, 9.17) is 15.6 Å². The van der Waals surface area contributed by atoms with Gasteiger partial charge in [0.2, 0.25) is 11.6 Å². The van der Waals surface area contributed by atoms with Gasteiger partial charge in [0.1, 0.15) is 12.1 Å². The molecular weight excluding hydrogens is 482 g/mol. The fourth-order valence-corrected chi connectivity index (χ4v) is 3.60. The number of hydrogen-bond acceptors (Lipinski definition) is 13. The largest absolute Gasteiger partial charge is 0.481 e. The van der Waals surface area contributed by atoms with Gasteiger partial charge < -0.3 is 20.1 Å². The van der Waals surface area contributed by atoms with Crippen molar-refractivity contribution in [2.45, 2.75) is 10.9 Å². The molecule has 0 aliphatic carbocycles. The number of carbonyl (C=O) groups is 2. The summed E-state index contributed by atoms with van der Waals surface area (Å²) in [6.07, 6.45) is 2.85. The molecule has 0 atom stereocenters. The molecule has 0 aliphatic heterocycles. The molecule has 0 radical (unpaired) electrons. The lowest BCUT2D eigenvalue weighted by Crippen LogP contribution is -2.20. The van der Waals surface area contributed by atoms with Crippen LogP contribution < -0.4 is 15.9 Å². The molecule has 0 fully saturated rings. The maximum Gasteiger partial charge on any atom is 0.341 e. The van der Waals surface area contributed by atoms with Crippen LogP contribution in [0.4, 0.5) is 5.82 Å². The number of para-hydroxylation sites is 1. The Bertz CT molecular complexity index is 1380. The Hall–Kier alpha value is -4.80. The van der Waals surface area contributed by atoms with E-state index >= 15 is 0 Å². The molecule has 0 bridgehead atoms. The third kappa shape index (κ3) is 5.41. The van der Waals surface area contributed by atoms with E-state index in [1.165, 1.54) is 29.0 Å². The number of anilines is 1. The number of aryl methyl sites for hydroxylation is 1. The van der Waals surface area contributed by atoms with Crippen molar-refractivity contribution in [2.75, 3.05) is 12.3 Å². The molecule has 3 heterocycles. The van der Waals surface area contributed by atoms with Crippen LogP contribution in [0.15, 0.2) is 45.5 Å². The molecule has 0 spiro atoms. The van der Waals surface area contributed by atoms with Gasteiger partial charge in [-0.25, -0.2) is 14.8 Å². The number of benzene rings is 1. The van der Waals surface area contributed by atoms with Gasteiger partial charge in [-0.05, 0) is 22.4 Å². The number of carboxylic acids is 1. The van der Waals surface area contributed by atoms with E-state index in [-0.39, 0.29) is 28.8 Å². The molecule has 17 heteroatoms. The van der Waals surface area contributed by atoms with Crippen molar-refractivity contribution in [1.29, 1.82) is 0 Å². The predicted molar refractivity (Wildman–Crippen MR) is 119 cm³/mol. The fourth-order valence-electron chi connectivity index (χ4n) is 2.72. The van der Waals surface area contributed by atoms with Crippen LogP contribution in [0.2, 0.25) is 0 Å². The number of hydrazone groups is 1. The minimum absolute atomic E-state index is 0.0391. The van der Waals surface area contributed by atoms with Crippen LogP contribution in [0.3, 0.4) is 0 Å². The molecule has 0 saturated heterocycles. The second kappa shape index (κ2) is 10.4. The summed E-state index contributed by atoms with van der Waals surface area (Å²) in [7, 11) is 1.78. The van der Waals surface area contributed by atoms with Gasteiger partial charge >= 0.3 is 5.97 Å². The maximum absolute atomic E-state index is 12.9.